The zero-order chi connectivity index (χ0) is 15.4. The summed E-state index contributed by atoms with van der Waals surface area (Å²) in [6.07, 6.45) is 2.34. The molecule has 5 nitrogen and oxygen atoms in total. The lowest BCUT2D eigenvalue weighted by Crippen LogP contribution is -2.34. The molecule has 0 radical (unpaired) electrons. The van der Waals surface area contributed by atoms with Crippen LogP contribution in [0.3, 0.4) is 0 Å². The van der Waals surface area contributed by atoms with Gasteiger partial charge >= 0.3 is 0 Å². The van der Waals surface area contributed by atoms with Gasteiger partial charge in [0, 0.05) is 24.1 Å². The molecular weight excluding hydrogens is 268 g/mol. The van der Waals surface area contributed by atoms with Gasteiger partial charge < -0.3 is 10.8 Å². The highest BCUT2D eigenvalue weighted by Crippen LogP contribution is 2.25. The van der Waals surface area contributed by atoms with Crippen LogP contribution in [0.4, 0.5) is 0 Å². The minimum atomic E-state index is -0.236. The molecule has 0 aliphatic carbocycles. The van der Waals surface area contributed by atoms with Crippen molar-refractivity contribution in [2.45, 2.75) is 32.7 Å². The Hall–Kier alpha value is -1.88. The van der Waals surface area contributed by atoms with Crippen LogP contribution in [0.15, 0.2) is 18.2 Å². The molecule has 1 amide bonds. The fourth-order valence-electron chi connectivity index (χ4n) is 2.81. The van der Waals surface area contributed by atoms with Gasteiger partial charge in [-0.1, -0.05) is 0 Å². The molecule has 0 aromatic heterocycles. The van der Waals surface area contributed by atoms with Crippen LogP contribution >= 0.6 is 0 Å². The number of carbonyl (C=O) groups excluding carboxylic acids is 2. The Balaban J connectivity index is 1.95. The molecule has 0 saturated carbocycles. The predicted octanol–water partition coefficient (Wildman–Crippen LogP) is 1.68. The van der Waals surface area contributed by atoms with E-state index in [0.29, 0.717) is 24.4 Å². The van der Waals surface area contributed by atoms with Crippen LogP contribution in [0.5, 0.6) is 5.75 Å². The Labute approximate surface area is 124 Å². The maximum absolute atomic E-state index is 11.4. The van der Waals surface area contributed by atoms with Crippen molar-refractivity contribution in [3.63, 3.8) is 0 Å². The standard InChI is InChI=1S/C16H22N2O3/c1-11(19)13-2-3-15(20)14(9-13)10-18-6-4-12(5-7-18)8-16(17)21/h2-3,9,12,20H,4-8,10H2,1H3,(H2,17,21). The molecule has 114 valence electrons. The minimum Gasteiger partial charge on any atom is -0.508 e. The molecule has 0 bridgehead atoms. The van der Waals surface area contributed by atoms with Gasteiger partial charge in [0.05, 0.1) is 0 Å². The summed E-state index contributed by atoms with van der Waals surface area (Å²) in [5.41, 5.74) is 6.62. The van der Waals surface area contributed by atoms with Crippen LogP contribution in [0.1, 0.15) is 42.1 Å². The second-order valence-corrected chi connectivity index (χ2v) is 5.79. The number of aromatic hydroxyl groups is 1. The number of hydrogen-bond acceptors (Lipinski definition) is 4. The second kappa shape index (κ2) is 6.72. The van der Waals surface area contributed by atoms with Crippen molar-refractivity contribution < 1.29 is 14.7 Å². The number of carbonyl (C=O) groups is 2. The molecule has 5 heteroatoms. The molecule has 3 N–H and O–H groups in total. The van der Waals surface area contributed by atoms with E-state index in [4.69, 9.17) is 5.73 Å². The number of nitrogens with zero attached hydrogens (tertiary/aromatic N) is 1. The molecule has 1 heterocycles. The van der Waals surface area contributed by atoms with E-state index >= 15 is 0 Å². The number of primary amides is 1. The molecular formula is C16H22N2O3. The molecule has 1 saturated heterocycles. The van der Waals surface area contributed by atoms with E-state index in [1.54, 1.807) is 18.2 Å². The fraction of sp³-hybridized carbons (Fsp3) is 0.500. The lowest BCUT2D eigenvalue weighted by Gasteiger charge is -2.31. The molecule has 1 fully saturated rings. The van der Waals surface area contributed by atoms with Gasteiger partial charge in [0.1, 0.15) is 5.75 Å². The van der Waals surface area contributed by atoms with Gasteiger partial charge in [0.25, 0.3) is 0 Å². The summed E-state index contributed by atoms with van der Waals surface area (Å²) in [5.74, 6) is 0.354. The first-order valence-electron chi connectivity index (χ1n) is 7.29. The zero-order valence-electron chi connectivity index (χ0n) is 12.3. The number of nitrogens with two attached hydrogens (primary N) is 1. The summed E-state index contributed by atoms with van der Waals surface area (Å²) in [6.45, 7) is 3.89. The average molecular weight is 290 g/mol. The molecule has 2 rings (SSSR count). The Morgan fingerprint density at radius 2 is 2.00 bits per heavy atom. The second-order valence-electron chi connectivity index (χ2n) is 5.79. The Morgan fingerprint density at radius 3 is 2.57 bits per heavy atom. The van der Waals surface area contributed by atoms with Crippen molar-refractivity contribution in [3.05, 3.63) is 29.3 Å². The fourth-order valence-corrected chi connectivity index (χ4v) is 2.81. The summed E-state index contributed by atoms with van der Waals surface area (Å²) in [4.78, 5) is 24.6. The molecule has 1 aliphatic heterocycles. The first-order chi connectivity index (χ1) is 9.95. The SMILES string of the molecule is CC(=O)c1ccc(O)c(CN2CCC(CC(N)=O)CC2)c1. The quantitative estimate of drug-likeness (QED) is 0.808. The van der Waals surface area contributed by atoms with Gasteiger partial charge in [0.15, 0.2) is 5.78 Å². The number of phenols is 1. The number of Topliss-reactive ketones (excluding diaryl/α,β-unsaturated/α-hetero) is 1. The molecule has 0 atom stereocenters. The molecule has 1 aromatic carbocycles. The summed E-state index contributed by atoms with van der Waals surface area (Å²) in [7, 11) is 0. The van der Waals surface area contributed by atoms with Gasteiger partial charge in [-0.25, -0.2) is 0 Å². The van der Waals surface area contributed by atoms with Crippen LogP contribution in [0.25, 0.3) is 0 Å². The number of likely N-dealkylation sites (tertiary alicyclic amines) is 1. The van der Waals surface area contributed by atoms with Crippen LogP contribution < -0.4 is 5.73 Å². The van der Waals surface area contributed by atoms with Crippen molar-refractivity contribution in [2.24, 2.45) is 11.7 Å². The lowest BCUT2D eigenvalue weighted by atomic mass is 9.93. The number of ketones is 1. The summed E-state index contributed by atoms with van der Waals surface area (Å²) >= 11 is 0. The van der Waals surface area contributed by atoms with Crippen LogP contribution in [0.2, 0.25) is 0 Å². The van der Waals surface area contributed by atoms with Crippen molar-refractivity contribution in [1.29, 1.82) is 0 Å². The molecule has 1 aliphatic rings. The van der Waals surface area contributed by atoms with E-state index in [1.165, 1.54) is 6.92 Å². The van der Waals surface area contributed by atoms with E-state index in [2.05, 4.69) is 4.90 Å². The Kier molecular flexibility index (Phi) is 4.96. The largest absolute Gasteiger partial charge is 0.508 e. The normalized spacial score (nSPS) is 16.8. The molecule has 0 unspecified atom stereocenters. The number of phenolic OH excluding ortho intramolecular Hbond substituents is 1. The van der Waals surface area contributed by atoms with Crippen molar-refractivity contribution >= 4 is 11.7 Å². The Morgan fingerprint density at radius 1 is 1.33 bits per heavy atom. The minimum absolute atomic E-state index is 0.00332. The predicted molar refractivity (Wildman–Crippen MR) is 79.9 cm³/mol. The van der Waals surface area contributed by atoms with E-state index in [-0.39, 0.29) is 17.4 Å². The topological polar surface area (TPSA) is 83.6 Å². The summed E-state index contributed by atoms with van der Waals surface area (Å²) in [5, 5.41) is 9.92. The smallest absolute Gasteiger partial charge is 0.217 e. The maximum Gasteiger partial charge on any atom is 0.217 e. The number of amides is 1. The molecule has 1 aromatic rings. The highest BCUT2D eigenvalue weighted by molar-refractivity contribution is 5.94. The first-order valence-corrected chi connectivity index (χ1v) is 7.29. The van der Waals surface area contributed by atoms with Crippen molar-refractivity contribution in [3.8, 4) is 5.75 Å². The van der Waals surface area contributed by atoms with E-state index in [9.17, 15) is 14.7 Å². The third kappa shape index (κ3) is 4.29. The Bertz CT molecular complexity index is 534. The van der Waals surface area contributed by atoms with Gasteiger partial charge in [-0.2, -0.15) is 0 Å². The molecule has 21 heavy (non-hydrogen) atoms. The van der Waals surface area contributed by atoms with Gasteiger partial charge in [-0.15, -0.1) is 0 Å². The van der Waals surface area contributed by atoms with Gasteiger partial charge in [0.2, 0.25) is 5.91 Å². The van der Waals surface area contributed by atoms with Crippen molar-refractivity contribution in [1.82, 2.24) is 4.90 Å². The van der Waals surface area contributed by atoms with E-state index < -0.39 is 0 Å². The third-order valence-corrected chi connectivity index (χ3v) is 4.08. The summed E-state index contributed by atoms with van der Waals surface area (Å²) in [6, 6.07) is 4.97. The number of benzene rings is 1. The highest BCUT2D eigenvalue weighted by atomic mass is 16.3. The van der Waals surface area contributed by atoms with Crippen LogP contribution in [-0.4, -0.2) is 34.8 Å². The van der Waals surface area contributed by atoms with Crippen molar-refractivity contribution in [2.75, 3.05) is 13.1 Å². The number of piperidine rings is 1. The third-order valence-electron chi connectivity index (χ3n) is 4.08. The van der Waals surface area contributed by atoms with Crippen LogP contribution in [0, 0.1) is 5.92 Å². The maximum atomic E-state index is 11.4. The first kappa shape index (κ1) is 15.5. The van der Waals surface area contributed by atoms with E-state index in [1.807, 2.05) is 0 Å². The highest BCUT2D eigenvalue weighted by Gasteiger charge is 2.21. The van der Waals surface area contributed by atoms with Gasteiger partial charge in [-0.3, -0.25) is 14.5 Å². The molecule has 0 spiro atoms. The zero-order valence-corrected chi connectivity index (χ0v) is 12.3. The summed E-state index contributed by atoms with van der Waals surface area (Å²) < 4.78 is 0. The lowest BCUT2D eigenvalue weighted by molar-refractivity contribution is -0.119. The monoisotopic (exact) mass is 290 g/mol. The number of hydrogen-bond donors (Lipinski definition) is 2. The average Bonchev–Trinajstić information content (AvgIpc) is 2.42. The van der Waals surface area contributed by atoms with E-state index in [0.717, 1.165) is 31.5 Å². The van der Waals surface area contributed by atoms with Gasteiger partial charge in [-0.05, 0) is 57.0 Å². The number of rotatable bonds is 5. The van der Waals surface area contributed by atoms with Crippen LogP contribution in [-0.2, 0) is 11.3 Å².